The molecule has 3 nitrogen and oxygen atoms in total. The quantitative estimate of drug-likeness (QED) is 0.506. The summed E-state index contributed by atoms with van der Waals surface area (Å²) < 4.78 is 5.11. The van der Waals surface area contributed by atoms with Crippen LogP contribution in [0.2, 0.25) is 0 Å². The molecule has 0 bridgehead atoms. The van der Waals surface area contributed by atoms with E-state index in [-0.39, 0.29) is 17.6 Å². The zero-order chi connectivity index (χ0) is 10.3. The van der Waals surface area contributed by atoms with Gasteiger partial charge < -0.3 is 9.84 Å². The fourth-order valence-electron chi connectivity index (χ4n) is 1.74. The van der Waals surface area contributed by atoms with Crippen LogP contribution in [0.5, 0.6) is 11.5 Å². The van der Waals surface area contributed by atoms with E-state index in [9.17, 15) is 9.90 Å². The van der Waals surface area contributed by atoms with Gasteiger partial charge in [-0.15, -0.1) is 0 Å². The maximum Gasteiger partial charge on any atom is 0.311 e. The number of phenols is 1. The number of esters is 1. The van der Waals surface area contributed by atoms with E-state index in [1.54, 1.807) is 13.0 Å². The molecule has 3 heteroatoms. The van der Waals surface area contributed by atoms with Crippen LogP contribution in [-0.2, 0) is 4.79 Å². The molecule has 1 N–H and O–H groups in total. The van der Waals surface area contributed by atoms with Gasteiger partial charge in [0.05, 0.1) is 6.42 Å². The summed E-state index contributed by atoms with van der Waals surface area (Å²) >= 11 is 0. The predicted octanol–water partition coefficient (Wildman–Crippen LogP) is 2.11. The Hall–Kier alpha value is -1.51. The average molecular weight is 192 g/mol. The van der Waals surface area contributed by atoms with E-state index in [0.29, 0.717) is 17.7 Å². The Morgan fingerprint density at radius 3 is 2.93 bits per heavy atom. The lowest BCUT2D eigenvalue weighted by Gasteiger charge is -2.23. The van der Waals surface area contributed by atoms with Crippen molar-refractivity contribution in [2.45, 2.75) is 26.2 Å². The number of ether oxygens (including phenoxy) is 1. The zero-order valence-electron chi connectivity index (χ0n) is 8.20. The van der Waals surface area contributed by atoms with E-state index in [1.807, 2.05) is 13.0 Å². The second-order valence-corrected chi connectivity index (χ2v) is 3.71. The summed E-state index contributed by atoms with van der Waals surface area (Å²) in [7, 11) is 0. The van der Waals surface area contributed by atoms with Crippen molar-refractivity contribution >= 4 is 5.97 Å². The summed E-state index contributed by atoms with van der Waals surface area (Å²) in [5.41, 5.74) is 1.64. The summed E-state index contributed by atoms with van der Waals surface area (Å²) in [6.07, 6.45) is 0.414. The molecule has 74 valence electrons. The van der Waals surface area contributed by atoms with Crippen molar-refractivity contribution in [3.8, 4) is 11.5 Å². The number of aromatic hydroxyl groups is 1. The lowest BCUT2D eigenvalue weighted by molar-refractivity contribution is -0.135. The van der Waals surface area contributed by atoms with Gasteiger partial charge in [0.15, 0.2) is 0 Å². The Labute approximate surface area is 82.3 Å². The fraction of sp³-hybridized carbons (Fsp3) is 0.364. The minimum Gasteiger partial charge on any atom is -0.508 e. The molecule has 0 spiro atoms. The summed E-state index contributed by atoms with van der Waals surface area (Å²) in [6, 6.07) is 3.46. The van der Waals surface area contributed by atoms with Crippen LogP contribution in [0.3, 0.4) is 0 Å². The van der Waals surface area contributed by atoms with E-state index in [4.69, 9.17) is 4.74 Å². The first kappa shape index (κ1) is 9.06. The number of carbonyl (C=O) groups is 1. The van der Waals surface area contributed by atoms with Gasteiger partial charge in [-0.1, -0.05) is 13.0 Å². The first-order valence-electron chi connectivity index (χ1n) is 4.62. The highest BCUT2D eigenvalue weighted by atomic mass is 16.5. The topological polar surface area (TPSA) is 46.5 Å². The van der Waals surface area contributed by atoms with Crippen molar-refractivity contribution in [1.29, 1.82) is 0 Å². The van der Waals surface area contributed by atoms with Gasteiger partial charge in [0.2, 0.25) is 0 Å². The van der Waals surface area contributed by atoms with Gasteiger partial charge in [-0.2, -0.15) is 0 Å². The molecular formula is C11H12O3. The highest BCUT2D eigenvalue weighted by Crippen LogP contribution is 2.39. The molecule has 0 fully saturated rings. The summed E-state index contributed by atoms with van der Waals surface area (Å²) in [5, 5.41) is 9.46. The standard InChI is InChI=1S/C11H12O3/c1-6-5-10(13)14-11-7(2)9(12)4-3-8(6)11/h3-4,6,12H,5H2,1-2H3. The first-order chi connectivity index (χ1) is 6.59. The third kappa shape index (κ3) is 1.25. The molecule has 2 rings (SSSR count). The first-order valence-corrected chi connectivity index (χ1v) is 4.62. The number of phenolic OH excluding ortho intramolecular Hbond substituents is 1. The Morgan fingerprint density at radius 1 is 1.50 bits per heavy atom. The van der Waals surface area contributed by atoms with Gasteiger partial charge >= 0.3 is 5.97 Å². The zero-order valence-corrected chi connectivity index (χ0v) is 8.20. The van der Waals surface area contributed by atoms with Crippen molar-refractivity contribution in [1.82, 2.24) is 0 Å². The fourth-order valence-corrected chi connectivity index (χ4v) is 1.74. The number of benzene rings is 1. The molecule has 1 heterocycles. The van der Waals surface area contributed by atoms with Crippen LogP contribution < -0.4 is 4.74 Å². The van der Waals surface area contributed by atoms with Crippen LogP contribution >= 0.6 is 0 Å². The van der Waals surface area contributed by atoms with Gasteiger partial charge in [0.1, 0.15) is 11.5 Å². The van der Waals surface area contributed by atoms with Crippen LogP contribution in [0.1, 0.15) is 30.4 Å². The van der Waals surface area contributed by atoms with Crippen LogP contribution in [0.15, 0.2) is 12.1 Å². The average Bonchev–Trinajstić information content (AvgIpc) is 2.12. The van der Waals surface area contributed by atoms with E-state index in [2.05, 4.69) is 0 Å². The van der Waals surface area contributed by atoms with E-state index in [1.165, 1.54) is 0 Å². The highest BCUT2D eigenvalue weighted by Gasteiger charge is 2.25. The monoisotopic (exact) mass is 192 g/mol. The number of fused-ring (bicyclic) bond motifs is 1. The summed E-state index contributed by atoms with van der Waals surface area (Å²) in [4.78, 5) is 11.2. The molecule has 0 radical (unpaired) electrons. The van der Waals surface area contributed by atoms with E-state index < -0.39 is 0 Å². The molecule has 0 amide bonds. The minimum absolute atomic E-state index is 0.172. The third-order valence-corrected chi connectivity index (χ3v) is 2.63. The molecule has 14 heavy (non-hydrogen) atoms. The van der Waals surface area contributed by atoms with Gasteiger partial charge in [-0.25, -0.2) is 0 Å². The third-order valence-electron chi connectivity index (χ3n) is 2.63. The van der Waals surface area contributed by atoms with Gasteiger partial charge in [0.25, 0.3) is 0 Å². The molecular weight excluding hydrogens is 180 g/mol. The van der Waals surface area contributed by atoms with Crippen molar-refractivity contribution in [2.24, 2.45) is 0 Å². The van der Waals surface area contributed by atoms with Crippen molar-refractivity contribution in [2.75, 3.05) is 0 Å². The maximum absolute atomic E-state index is 11.2. The molecule has 1 aromatic rings. The smallest absolute Gasteiger partial charge is 0.311 e. The molecule has 0 saturated carbocycles. The van der Waals surface area contributed by atoms with Crippen molar-refractivity contribution in [3.05, 3.63) is 23.3 Å². The highest BCUT2D eigenvalue weighted by molar-refractivity contribution is 5.77. The second-order valence-electron chi connectivity index (χ2n) is 3.71. The lowest BCUT2D eigenvalue weighted by atomic mass is 9.92. The SMILES string of the molecule is Cc1c(O)ccc2c1OC(=O)CC2C. The lowest BCUT2D eigenvalue weighted by Crippen LogP contribution is -2.19. The molecule has 0 aromatic heterocycles. The Kier molecular flexibility index (Phi) is 1.95. The van der Waals surface area contributed by atoms with Crippen LogP contribution in [0.25, 0.3) is 0 Å². The molecule has 0 saturated heterocycles. The van der Waals surface area contributed by atoms with E-state index in [0.717, 1.165) is 5.56 Å². The van der Waals surface area contributed by atoms with Gasteiger partial charge in [-0.3, -0.25) is 4.79 Å². The van der Waals surface area contributed by atoms with Crippen LogP contribution in [0.4, 0.5) is 0 Å². The molecule has 1 aliphatic heterocycles. The predicted molar refractivity (Wildman–Crippen MR) is 51.5 cm³/mol. The minimum atomic E-state index is -0.223. The number of hydrogen-bond donors (Lipinski definition) is 1. The Morgan fingerprint density at radius 2 is 2.21 bits per heavy atom. The molecule has 0 aliphatic carbocycles. The van der Waals surface area contributed by atoms with Crippen LogP contribution in [0, 0.1) is 6.92 Å². The second kappa shape index (κ2) is 3.01. The molecule has 1 unspecified atom stereocenters. The van der Waals surface area contributed by atoms with Crippen LogP contribution in [-0.4, -0.2) is 11.1 Å². The summed E-state index contributed by atoms with van der Waals surface area (Å²) in [6.45, 7) is 3.73. The largest absolute Gasteiger partial charge is 0.508 e. The van der Waals surface area contributed by atoms with Gasteiger partial charge in [0, 0.05) is 5.56 Å². The normalized spacial score (nSPS) is 20.1. The summed E-state index contributed by atoms with van der Waals surface area (Å²) in [5.74, 6) is 0.656. The van der Waals surface area contributed by atoms with E-state index >= 15 is 0 Å². The molecule has 1 atom stereocenters. The number of rotatable bonds is 0. The van der Waals surface area contributed by atoms with Gasteiger partial charge in [-0.05, 0) is 24.5 Å². The van der Waals surface area contributed by atoms with Crippen molar-refractivity contribution in [3.63, 3.8) is 0 Å². The maximum atomic E-state index is 11.2. The Bertz CT molecular complexity index is 396. The van der Waals surface area contributed by atoms with Crippen molar-refractivity contribution < 1.29 is 14.6 Å². The Balaban J connectivity index is 2.59. The number of hydrogen-bond acceptors (Lipinski definition) is 3. The molecule has 1 aliphatic rings. The number of carbonyl (C=O) groups excluding carboxylic acids is 1. The molecule has 1 aromatic carbocycles.